The maximum atomic E-state index is 12.3. The number of nitrogens with zero attached hydrogens (tertiary/aromatic N) is 2. The highest BCUT2D eigenvalue weighted by Crippen LogP contribution is 2.23. The molecule has 0 unspecified atom stereocenters. The number of carbonyl (C=O) groups excluding carboxylic acids is 1. The number of hydrogen-bond acceptors (Lipinski definition) is 5. The number of amides is 1. The van der Waals surface area contributed by atoms with E-state index in [0.717, 1.165) is 16.9 Å². The number of aryl methyl sites for hydroxylation is 1. The number of aromatic nitrogens is 3. The van der Waals surface area contributed by atoms with Crippen molar-refractivity contribution in [2.75, 3.05) is 7.11 Å². The summed E-state index contributed by atoms with van der Waals surface area (Å²) in [6.45, 7) is 4.35. The van der Waals surface area contributed by atoms with Gasteiger partial charge < -0.3 is 10.1 Å². The van der Waals surface area contributed by atoms with E-state index in [-0.39, 0.29) is 11.2 Å². The lowest BCUT2D eigenvalue weighted by Crippen LogP contribution is -2.30. The molecular formula is C20H22N4O2S. The van der Waals surface area contributed by atoms with Crippen LogP contribution in [0.2, 0.25) is 0 Å². The molecule has 0 fully saturated rings. The topological polar surface area (TPSA) is 79.9 Å². The van der Waals surface area contributed by atoms with E-state index in [1.165, 1.54) is 17.3 Å². The van der Waals surface area contributed by atoms with Gasteiger partial charge in [-0.2, -0.15) is 0 Å². The van der Waals surface area contributed by atoms with Gasteiger partial charge in [0.1, 0.15) is 5.75 Å². The van der Waals surface area contributed by atoms with Crippen LogP contribution in [0.3, 0.4) is 0 Å². The molecule has 3 rings (SSSR count). The lowest BCUT2D eigenvalue weighted by Gasteiger charge is -2.10. The lowest BCUT2D eigenvalue weighted by molar-refractivity contribution is -0.120. The van der Waals surface area contributed by atoms with Crippen LogP contribution in [-0.2, 0) is 11.3 Å². The van der Waals surface area contributed by atoms with Crippen LogP contribution in [0.4, 0.5) is 0 Å². The maximum Gasteiger partial charge on any atom is 0.233 e. The summed E-state index contributed by atoms with van der Waals surface area (Å²) in [6.07, 6.45) is 0. The summed E-state index contributed by atoms with van der Waals surface area (Å²) in [6, 6.07) is 15.7. The monoisotopic (exact) mass is 382 g/mol. The first-order valence-electron chi connectivity index (χ1n) is 8.62. The summed E-state index contributed by atoms with van der Waals surface area (Å²) in [4.78, 5) is 16.8. The molecule has 2 aromatic carbocycles. The number of rotatable bonds is 7. The predicted octanol–water partition coefficient (Wildman–Crippen LogP) is 3.59. The fourth-order valence-electron chi connectivity index (χ4n) is 2.43. The first-order valence-corrected chi connectivity index (χ1v) is 9.50. The number of hydrogen-bond donors (Lipinski definition) is 2. The van der Waals surface area contributed by atoms with Gasteiger partial charge in [0, 0.05) is 12.1 Å². The third kappa shape index (κ3) is 5.10. The summed E-state index contributed by atoms with van der Waals surface area (Å²) in [7, 11) is 1.63. The minimum atomic E-state index is -0.301. The molecule has 0 saturated heterocycles. The largest absolute Gasteiger partial charge is 0.497 e. The summed E-state index contributed by atoms with van der Waals surface area (Å²) >= 11 is 1.33. The van der Waals surface area contributed by atoms with E-state index in [1.807, 2.05) is 62.4 Å². The summed E-state index contributed by atoms with van der Waals surface area (Å²) in [5, 5.41) is 10.3. The Kier molecular flexibility index (Phi) is 6.13. The van der Waals surface area contributed by atoms with Crippen molar-refractivity contribution >= 4 is 17.7 Å². The fraction of sp³-hybridized carbons (Fsp3) is 0.250. The standard InChI is InChI=1S/C20H22N4O2S/c1-13-4-8-16(9-5-13)18-22-20(24-23-18)27-14(2)19(25)21-12-15-6-10-17(26-3)11-7-15/h4-11,14H,12H2,1-3H3,(H,21,25)(H,22,23,24)/t14-/m1/s1. The van der Waals surface area contributed by atoms with Gasteiger partial charge >= 0.3 is 0 Å². The van der Waals surface area contributed by atoms with Gasteiger partial charge in [-0.1, -0.05) is 53.7 Å². The molecule has 0 aliphatic heterocycles. The maximum absolute atomic E-state index is 12.3. The molecule has 0 radical (unpaired) electrons. The van der Waals surface area contributed by atoms with E-state index in [9.17, 15) is 4.79 Å². The van der Waals surface area contributed by atoms with Crippen molar-refractivity contribution in [3.63, 3.8) is 0 Å². The zero-order valence-electron chi connectivity index (χ0n) is 15.5. The van der Waals surface area contributed by atoms with Gasteiger partial charge in [-0.15, -0.1) is 5.10 Å². The molecule has 0 bridgehead atoms. The quantitative estimate of drug-likeness (QED) is 0.611. The molecule has 0 aliphatic carbocycles. The van der Waals surface area contributed by atoms with E-state index in [0.29, 0.717) is 17.5 Å². The van der Waals surface area contributed by atoms with Crippen molar-refractivity contribution in [1.29, 1.82) is 0 Å². The average molecular weight is 382 g/mol. The number of nitrogens with one attached hydrogen (secondary N) is 2. The molecule has 3 aromatic rings. The molecule has 0 saturated carbocycles. The highest BCUT2D eigenvalue weighted by atomic mass is 32.2. The molecule has 0 aliphatic rings. The van der Waals surface area contributed by atoms with Gasteiger partial charge in [0.15, 0.2) is 5.82 Å². The minimum absolute atomic E-state index is 0.0579. The molecule has 2 N–H and O–H groups in total. The highest BCUT2D eigenvalue weighted by Gasteiger charge is 2.17. The Bertz CT molecular complexity index is 891. The molecule has 0 spiro atoms. The Morgan fingerprint density at radius 2 is 1.89 bits per heavy atom. The van der Waals surface area contributed by atoms with Crippen molar-refractivity contribution in [3.05, 3.63) is 59.7 Å². The van der Waals surface area contributed by atoms with Crippen LogP contribution in [0.5, 0.6) is 5.75 Å². The number of H-pyrrole nitrogens is 1. The summed E-state index contributed by atoms with van der Waals surface area (Å²) < 4.78 is 5.13. The van der Waals surface area contributed by atoms with E-state index < -0.39 is 0 Å². The summed E-state index contributed by atoms with van der Waals surface area (Å²) in [5.41, 5.74) is 3.17. The van der Waals surface area contributed by atoms with Crippen molar-refractivity contribution in [2.45, 2.75) is 30.8 Å². The van der Waals surface area contributed by atoms with Gasteiger partial charge in [-0.3, -0.25) is 9.89 Å². The van der Waals surface area contributed by atoms with Crippen molar-refractivity contribution < 1.29 is 9.53 Å². The molecule has 140 valence electrons. The van der Waals surface area contributed by atoms with Crippen LogP contribution in [0.15, 0.2) is 53.7 Å². The minimum Gasteiger partial charge on any atom is -0.497 e. The molecule has 1 amide bonds. The Morgan fingerprint density at radius 3 is 2.56 bits per heavy atom. The van der Waals surface area contributed by atoms with Gasteiger partial charge in [-0.05, 0) is 31.5 Å². The number of carbonyl (C=O) groups is 1. The molecule has 27 heavy (non-hydrogen) atoms. The number of benzene rings is 2. The smallest absolute Gasteiger partial charge is 0.233 e. The Morgan fingerprint density at radius 1 is 1.19 bits per heavy atom. The average Bonchev–Trinajstić information content (AvgIpc) is 3.15. The number of thioether (sulfide) groups is 1. The second-order valence-electron chi connectivity index (χ2n) is 6.16. The molecule has 1 heterocycles. The van der Waals surface area contributed by atoms with Crippen molar-refractivity contribution in [1.82, 2.24) is 20.5 Å². The Hall–Kier alpha value is -2.80. The third-order valence-corrected chi connectivity index (χ3v) is 5.03. The van der Waals surface area contributed by atoms with Gasteiger partial charge in [-0.25, -0.2) is 4.98 Å². The molecule has 1 aromatic heterocycles. The van der Waals surface area contributed by atoms with Crippen LogP contribution < -0.4 is 10.1 Å². The number of methoxy groups -OCH3 is 1. The first kappa shape index (κ1) is 19.0. The predicted molar refractivity (Wildman–Crippen MR) is 107 cm³/mol. The van der Waals surface area contributed by atoms with Crippen LogP contribution in [0.1, 0.15) is 18.1 Å². The second kappa shape index (κ2) is 8.73. The highest BCUT2D eigenvalue weighted by molar-refractivity contribution is 8.00. The van der Waals surface area contributed by atoms with E-state index in [1.54, 1.807) is 7.11 Å². The van der Waals surface area contributed by atoms with Crippen LogP contribution >= 0.6 is 11.8 Å². The van der Waals surface area contributed by atoms with Crippen LogP contribution in [0.25, 0.3) is 11.4 Å². The van der Waals surface area contributed by atoms with Crippen LogP contribution in [-0.4, -0.2) is 33.4 Å². The van der Waals surface area contributed by atoms with Gasteiger partial charge in [0.25, 0.3) is 0 Å². The SMILES string of the molecule is COc1ccc(CNC(=O)[C@@H](C)Sc2n[nH]c(-c3ccc(C)cc3)n2)cc1. The van der Waals surface area contributed by atoms with E-state index >= 15 is 0 Å². The fourth-order valence-corrected chi connectivity index (χ4v) is 3.18. The van der Waals surface area contributed by atoms with E-state index in [2.05, 4.69) is 20.5 Å². The molecule has 6 nitrogen and oxygen atoms in total. The number of aromatic amines is 1. The Labute approximate surface area is 162 Å². The van der Waals surface area contributed by atoms with Gasteiger partial charge in [0.05, 0.1) is 12.4 Å². The van der Waals surface area contributed by atoms with Gasteiger partial charge in [0.2, 0.25) is 11.1 Å². The van der Waals surface area contributed by atoms with Crippen molar-refractivity contribution in [3.8, 4) is 17.1 Å². The van der Waals surface area contributed by atoms with E-state index in [4.69, 9.17) is 4.74 Å². The second-order valence-corrected chi connectivity index (χ2v) is 7.47. The molecular weight excluding hydrogens is 360 g/mol. The first-order chi connectivity index (χ1) is 13.0. The summed E-state index contributed by atoms with van der Waals surface area (Å²) in [5.74, 6) is 1.43. The normalized spacial score (nSPS) is 11.8. The van der Waals surface area contributed by atoms with Crippen molar-refractivity contribution in [2.24, 2.45) is 0 Å². The lowest BCUT2D eigenvalue weighted by atomic mass is 10.1. The third-order valence-electron chi connectivity index (χ3n) is 4.07. The zero-order valence-corrected chi connectivity index (χ0v) is 16.3. The zero-order chi connectivity index (χ0) is 19.2. The van der Waals surface area contributed by atoms with Crippen LogP contribution in [0, 0.1) is 6.92 Å². The Balaban J connectivity index is 1.54. The molecule has 1 atom stereocenters. The number of ether oxygens (including phenoxy) is 1. The molecule has 7 heteroatoms.